The standard InChI is InChI=1S/C22H22N2OS2/c1-5-24-20(25)17(27-21(24)26)12-13-18-22(2,3)19-15-9-7-6-8-14(15)10-11-16(19)23(18)4/h6-13H,5H2,1-4H3/b17-12+,18-13+. The van der Waals surface area contributed by atoms with E-state index in [0.29, 0.717) is 15.8 Å². The number of carbonyl (C=O) groups is 1. The van der Waals surface area contributed by atoms with Crippen molar-refractivity contribution in [2.24, 2.45) is 0 Å². The monoisotopic (exact) mass is 394 g/mol. The van der Waals surface area contributed by atoms with Crippen molar-refractivity contribution in [1.29, 1.82) is 0 Å². The highest BCUT2D eigenvalue weighted by atomic mass is 32.2. The summed E-state index contributed by atoms with van der Waals surface area (Å²) in [5, 5.41) is 2.54. The second kappa shape index (κ2) is 6.50. The lowest BCUT2D eigenvalue weighted by atomic mass is 9.81. The van der Waals surface area contributed by atoms with Gasteiger partial charge < -0.3 is 4.90 Å². The number of hydrogen-bond donors (Lipinski definition) is 0. The van der Waals surface area contributed by atoms with E-state index < -0.39 is 0 Å². The molecule has 1 fully saturated rings. The number of benzene rings is 2. The molecule has 2 aromatic rings. The highest BCUT2D eigenvalue weighted by Crippen LogP contribution is 2.50. The summed E-state index contributed by atoms with van der Waals surface area (Å²) in [6, 6.07) is 12.9. The van der Waals surface area contributed by atoms with Gasteiger partial charge in [0.1, 0.15) is 4.32 Å². The minimum Gasteiger partial charge on any atom is -0.347 e. The van der Waals surface area contributed by atoms with Crippen LogP contribution in [0.25, 0.3) is 10.8 Å². The lowest BCUT2D eigenvalue weighted by Gasteiger charge is -2.24. The van der Waals surface area contributed by atoms with E-state index in [1.54, 1.807) is 4.90 Å². The summed E-state index contributed by atoms with van der Waals surface area (Å²) in [4.78, 5) is 17.1. The summed E-state index contributed by atoms with van der Waals surface area (Å²) >= 11 is 6.70. The fourth-order valence-corrected chi connectivity index (χ4v) is 5.46. The van der Waals surface area contributed by atoms with Crippen molar-refractivity contribution in [1.82, 2.24) is 4.90 Å². The number of amides is 1. The van der Waals surface area contributed by atoms with Crippen LogP contribution in [0.2, 0.25) is 0 Å². The van der Waals surface area contributed by atoms with Crippen LogP contribution in [0.5, 0.6) is 0 Å². The topological polar surface area (TPSA) is 23.6 Å². The summed E-state index contributed by atoms with van der Waals surface area (Å²) in [7, 11) is 2.10. The third-order valence-electron chi connectivity index (χ3n) is 5.48. The Balaban J connectivity index is 1.80. The van der Waals surface area contributed by atoms with E-state index in [9.17, 15) is 4.79 Å². The molecule has 27 heavy (non-hydrogen) atoms. The summed E-state index contributed by atoms with van der Waals surface area (Å²) in [6.45, 7) is 7.06. The second-order valence-corrected chi connectivity index (χ2v) is 9.04. The molecule has 0 unspecified atom stereocenters. The lowest BCUT2D eigenvalue weighted by molar-refractivity contribution is -0.122. The number of fused-ring (bicyclic) bond motifs is 3. The number of hydrogen-bond acceptors (Lipinski definition) is 4. The molecule has 0 N–H and O–H groups in total. The number of likely N-dealkylation sites (N-methyl/N-ethyl adjacent to an activating group) is 2. The summed E-state index contributed by atoms with van der Waals surface area (Å²) in [6.07, 6.45) is 4.01. The zero-order valence-corrected chi connectivity index (χ0v) is 17.6. The molecule has 0 spiro atoms. The van der Waals surface area contributed by atoms with Gasteiger partial charge >= 0.3 is 0 Å². The van der Waals surface area contributed by atoms with Crippen LogP contribution in [0.3, 0.4) is 0 Å². The fraction of sp³-hybridized carbons (Fsp3) is 0.273. The Hall–Kier alpha value is -2.11. The van der Waals surface area contributed by atoms with Crippen LogP contribution in [0.15, 0.2) is 59.2 Å². The predicted molar refractivity (Wildman–Crippen MR) is 119 cm³/mol. The fourth-order valence-electron chi connectivity index (χ4n) is 4.14. The maximum Gasteiger partial charge on any atom is 0.266 e. The first-order valence-corrected chi connectivity index (χ1v) is 10.3. The van der Waals surface area contributed by atoms with Crippen molar-refractivity contribution in [3.63, 3.8) is 0 Å². The average Bonchev–Trinajstić information content (AvgIpc) is 3.03. The zero-order chi connectivity index (χ0) is 19.3. The van der Waals surface area contributed by atoms with Crippen LogP contribution in [-0.2, 0) is 10.2 Å². The number of allylic oxidation sites excluding steroid dienone is 3. The normalized spacial score (nSPS) is 21.8. The Morgan fingerprint density at radius 3 is 2.59 bits per heavy atom. The van der Waals surface area contributed by atoms with Crippen molar-refractivity contribution in [3.05, 3.63) is 64.7 Å². The van der Waals surface area contributed by atoms with E-state index in [4.69, 9.17) is 12.2 Å². The highest BCUT2D eigenvalue weighted by molar-refractivity contribution is 8.26. The minimum absolute atomic E-state index is 0.00534. The molecule has 2 aromatic carbocycles. The van der Waals surface area contributed by atoms with Crippen molar-refractivity contribution in [3.8, 4) is 0 Å². The molecule has 3 nitrogen and oxygen atoms in total. The molecule has 0 bridgehead atoms. The Morgan fingerprint density at radius 2 is 1.89 bits per heavy atom. The average molecular weight is 395 g/mol. The first-order valence-electron chi connectivity index (χ1n) is 9.08. The molecule has 5 heteroatoms. The molecule has 138 valence electrons. The molecule has 2 heterocycles. The SMILES string of the molecule is CCN1C(=O)/C(=C\C=C2\N(C)c3ccc4ccccc4c3C2(C)C)SC1=S. The molecule has 0 aromatic heterocycles. The summed E-state index contributed by atoms with van der Waals surface area (Å²) in [5.41, 5.74) is 3.58. The maximum atomic E-state index is 12.5. The van der Waals surface area contributed by atoms with Gasteiger partial charge in [-0.15, -0.1) is 0 Å². The smallest absolute Gasteiger partial charge is 0.266 e. The Kier molecular flexibility index (Phi) is 4.40. The van der Waals surface area contributed by atoms with Gasteiger partial charge in [-0.1, -0.05) is 68.2 Å². The van der Waals surface area contributed by atoms with Crippen LogP contribution in [-0.4, -0.2) is 28.7 Å². The van der Waals surface area contributed by atoms with E-state index in [-0.39, 0.29) is 11.3 Å². The third kappa shape index (κ3) is 2.72. The number of carbonyl (C=O) groups excluding carboxylic acids is 1. The minimum atomic E-state index is -0.153. The van der Waals surface area contributed by atoms with E-state index in [1.807, 2.05) is 13.0 Å². The molecule has 1 saturated heterocycles. The van der Waals surface area contributed by atoms with Gasteiger partial charge in [0.05, 0.1) is 4.91 Å². The molecular weight excluding hydrogens is 372 g/mol. The zero-order valence-electron chi connectivity index (χ0n) is 15.9. The van der Waals surface area contributed by atoms with Gasteiger partial charge in [0.25, 0.3) is 5.91 Å². The molecule has 0 saturated carbocycles. The molecule has 1 amide bonds. The largest absolute Gasteiger partial charge is 0.347 e. The first-order chi connectivity index (χ1) is 12.9. The molecule has 2 aliphatic heterocycles. The molecule has 0 radical (unpaired) electrons. The van der Waals surface area contributed by atoms with Gasteiger partial charge in [-0.25, -0.2) is 0 Å². The first kappa shape index (κ1) is 18.3. The predicted octanol–water partition coefficient (Wildman–Crippen LogP) is 5.22. The van der Waals surface area contributed by atoms with Crippen molar-refractivity contribution in [2.45, 2.75) is 26.2 Å². The van der Waals surface area contributed by atoms with Gasteiger partial charge in [0.15, 0.2) is 0 Å². The number of rotatable bonds is 2. The maximum absolute atomic E-state index is 12.5. The molecule has 4 rings (SSSR count). The van der Waals surface area contributed by atoms with Gasteiger partial charge in [0, 0.05) is 30.4 Å². The van der Waals surface area contributed by atoms with Crippen LogP contribution in [0, 0.1) is 0 Å². The van der Waals surface area contributed by atoms with Crippen LogP contribution < -0.4 is 4.90 Å². The van der Waals surface area contributed by atoms with Gasteiger partial charge in [-0.3, -0.25) is 9.69 Å². The number of anilines is 1. The third-order valence-corrected chi connectivity index (χ3v) is 6.87. The highest BCUT2D eigenvalue weighted by Gasteiger charge is 2.39. The quantitative estimate of drug-likeness (QED) is 0.515. The van der Waals surface area contributed by atoms with Crippen LogP contribution >= 0.6 is 24.0 Å². The number of nitrogens with zero attached hydrogens (tertiary/aromatic N) is 2. The summed E-state index contributed by atoms with van der Waals surface area (Å²) in [5.74, 6) is 0.00534. The van der Waals surface area contributed by atoms with Crippen LogP contribution in [0.4, 0.5) is 5.69 Å². The van der Waals surface area contributed by atoms with E-state index >= 15 is 0 Å². The van der Waals surface area contributed by atoms with Crippen molar-refractivity contribution < 1.29 is 4.79 Å². The number of thioether (sulfide) groups is 1. The molecule has 0 aliphatic carbocycles. The molecule has 2 aliphatic rings. The van der Waals surface area contributed by atoms with E-state index in [1.165, 1.54) is 39.5 Å². The van der Waals surface area contributed by atoms with Gasteiger partial charge in [-0.05, 0) is 41.5 Å². The Labute approximate surface area is 169 Å². The summed E-state index contributed by atoms with van der Waals surface area (Å²) < 4.78 is 0.639. The second-order valence-electron chi connectivity index (χ2n) is 7.37. The lowest BCUT2D eigenvalue weighted by Crippen LogP contribution is -2.27. The Morgan fingerprint density at radius 1 is 1.15 bits per heavy atom. The molecule has 0 atom stereocenters. The van der Waals surface area contributed by atoms with Gasteiger partial charge in [0.2, 0.25) is 0 Å². The van der Waals surface area contributed by atoms with Gasteiger partial charge in [-0.2, -0.15) is 0 Å². The van der Waals surface area contributed by atoms with Crippen LogP contribution in [0.1, 0.15) is 26.3 Å². The number of thiocarbonyl (C=S) groups is 1. The van der Waals surface area contributed by atoms with E-state index in [2.05, 4.69) is 68.3 Å². The Bertz CT molecular complexity index is 1040. The van der Waals surface area contributed by atoms with E-state index in [0.717, 1.165) is 0 Å². The van der Waals surface area contributed by atoms with Crippen molar-refractivity contribution in [2.75, 3.05) is 18.5 Å². The van der Waals surface area contributed by atoms with Crippen molar-refractivity contribution >= 4 is 50.7 Å². The molecular formula is C22H22N2OS2.